The first-order valence-corrected chi connectivity index (χ1v) is 12.1. The van der Waals surface area contributed by atoms with Crippen molar-refractivity contribution in [1.82, 2.24) is 0 Å². The molecule has 0 saturated carbocycles. The van der Waals surface area contributed by atoms with E-state index >= 15 is 0 Å². The summed E-state index contributed by atoms with van der Waals surface area (Å²) in [7, 11) is 0. The van der Waals surface area contributed by atoms with Crippen molar-refractivity contribution in [2.45, 2.75) is 20.3 Å². The van der Waals surface area contributed by atoms with Gasteiger partial charge in [-0.2, -0.15) is 0 Å². The van der Waals surface area contributed by atoms with Crippen molar-refractivity contribution in [3.63, 3.8) is 0 Å². The van der Waals surface area contributed by atoms with Crippen LogP contribution >= 0.6 is 0 Å². The second-order valence-electron chi connectivity index (χ2n) is 7.99. The van der Waals surface area contributed by atoms with E-state index in [0.717, 1.165) is 6.42 Å². The molecule has 0 aromatic heterocycles. The lowest BCUT2D eigenvalue weighted by atomic mass is 10.1. The van der Waals surface area contributed by atoms with Gasteiger partial charge >= 0.3 is 11.9 Å². The molecular formula is C28H36O8. The maximum atomic E-state index is 12.4. The summed E-state index contributed by atoms with van der Waals surface area (Å²) in [4.78, 5) is 24.5. The second-order valence-corrected chi connectivity index (χ2v) is 7.99. The molecule has 8 heteroatoms. The minimum absolute atomic E-state index is 0.308. The molecule has 2 aromatic rings. The van der Waals surface area contributed by atoms with Gasteiger partial charge in [0.2, 0.25) is 0 Å². The number of rotatable bonds is 18. The SMILES string of the molecule is C=CCOCCOCCOCCOc1ccc(C(=O)Oc2ccc(C(=O)OC[C@@H](C)CC)cc2)cc1. The van der Waals surface area contributed by atoms with E-state index in [1.807, 2.05) is 13.8 Å². The number of carbonyl (C=O) groups is 2. The van der Waals surface area contributed by atoms with E-state index in [-0.39, 0.29) is 0 Å². The molecule has 196 valence electrons. The van der Waals surface area contributed by atoms with Crippen molar-refractivity contribution in [3.8, 4) is 11.5 Å². The highest BCUT2D eigenvalue weighted by Gasteiger charge is 2.12. The smallest absolute Gasteiger partial charge is 0.343 e. The Morgan fingerprint density at radius 1 is 0.778 bits per heavy atom. The number of esters is 2. The number of carbonyl (C=O) groups excluding carboxylic acids is 2. The van der Waals surface area contributed by atoms with E-state index < -0.39 is 11.9 Å². The minimum atomic E-state index is -0.508. The predicted molar refractivity (Wildman–Crippen MR) is 136 cm³/mol. The maximum absolute atomic E-state index is 12.4. The molecule has 0 aliphatic rings. The Kier molecular flexibility index (Phi) is 13.9. The highest BCUT2D eigenvalue weighted by Crippen LogP contribution is 2.17. The molecular weight excluding hydrogens is 464 g/mol. The van der Waals surface area contributed by atoms with E-state index in [2.05, 4.69) is 6.58 Å². The molecule has 0 spiro atoms. The van der Waals surface area contributed by atoms with Gasteiger partial charge in [-0.25, -0.2) is 9.59 Å². The van der Waals surface area contributed by atoms with Crippen LogP contribution in [0.5, 0.6) is 11.5 Å². The maximum Gasteiger partial charge on any atom is 0.343 e. The summed E-state index contributed by atoms with van der Waals surface area (Å²) in [6.07, 6.45) is 2.63. The third kappa shape index (κ3) is 11.5. The molecule has 0 unspecified atom stereocenters. The van der Waals surface area contributed by atoms with Gasteiger partial charge in [0, 0.05) is 0 Å². The highest BCUT2D eigenvalue weighted by molar-refractivity contribution is 5.92. The standard InChI is InChI=1S/C28H36O8/c1-4-14-31-15-16-32-17-18-33-19-20-34-25-10-6-24(7-11-25)28(30)36-26-12-8-23(9-13-26)27(29)35-21-22(3)5-2/h4,6-13,22H,1,5,14-21H2,2-3H3/t22-/m0/s1. The molecule has 0 aliphatic carbocycles. The lowest BCUT2D eigenvalue weighted by Gasteiger charge is -2.10. The van der Waals surface area contributed by atoms with E-state index in [1.54, 1.807) is 54.6 Å². The molecule has 0 aliphatic heterocycles. The number of benzene rings is 2. The predicted octanol–water partition coefficient (Wildman–Crippen LogP) is 4.72. The van der Waals surface area contributed by atoms with E-state index in [0.29, 0.717) is 81.4 Å². The van der Waals surface area contributed by atoms with Crippen molar-refractivity contribution in [3.05, 3.63) is 72.3 Å². The van der Waals surface area contributed by atoms with Gasteiger partial charge in [-0.05, 0) is 54.4 Å². The van der Waals surface area contributed by atoms with Crippen LogP contribution in [0.2, 0.25) is 0 Å². The third-order valence-corrected chi connectivity index (χ3v) is 5.06. The van der Waals surface area contributed by atoms with E-state index in [9.17, 15) is 9.59 Å². The Morgan fingerprint density at radius 2 is 1.31 bits per heavy atom. The topological polar surface area (TPSA) is 89.5 Å². The summed E-state index contributed by atoms with van der Waals surface area (Å²) >= 11 is 0. The van der Waals surface area contributed by atoms with Crippen LogP contribution in [-0.2, 0) is 18.9 Å². The van der Waals surface area contributed by atoms with Crippen molar-refractivity contribution < 1.29 is 38.0 Å². The van der Waals surface area contributed by atoms with Crippen molar-refractivity contribution in [2.75, 3.05) is 52.9 Å². The van der Waals surface area contributed by atoms with Crippen LogP contribution in [0.15, 0.2) is 61.2 Å². The van der Waals surface area contributed by atoms with Crippen molar-refractivity contribution >= 4 is 11.9 Å². The zero-order chi connectivity index (χ0) is 26.0. The van der Waals surface area contributed by atoms with Gasteiger partial charge in [0.05, 0.1) is 57.4 Å². The van der Waals surface area contributed by atoms with Gasteiger partial charge < -0.3 is 28.4 Å². The van der Waals surface area contributed by atoms with Gasteiger partial charge in [0.1, 0.15) is 18.1 Å². The van der Waals surface area contributed by atoms with Crippen LogP contribution < -0.4 is 9.47 Å². The van der Waals surface area contributed by atoms with Crippen LogP contribution in [-0.4, -0.2) is 64.8 Å². The average molecular weight is 501 g/mol. The fourth-order valence-corrected chi connectivity index (χ4v) is 2.76. The lowest BCUT2D eigenvalue weighted by molar-refractivity contribution is 0.0135. The van der Waals surface area contributed by atoms with Gasteiger partial charge in [-0.15, -0.1) is 6.58 Å². The van der Waals surface area contributed by atoms with Gasteiger partial charge in [-0.1, -0.05) is 26.3 Å². The Bertz CT molecular complexity index is 908. The molecule has 0 saturated heterocycles. The van der Waals surface area contributed by atoms with Crippen LogP contribution in [0.25, 0.3) is 0 Å². The lowest BCUT2D eigenvalue weighted by Crippen LogP contribution is -2.13. The third-order valence-electron chi connectivity index (χ3n) is 5.06. The molecule has 1 atom stereocenters. The Labute approximate surface area is 213 Å². The number of ether oxygens (including phenoxy) is 6. The normalized spacial score (nSPS) is 11.5. The number of hydrogen-bond donors (Lipinski definition) is 0. The largest absolute Gasteiger partial charge is 0.491 e. The summed E-state index contributed by atoms with van der Waals surface area (Å²) in [5, 5.41) is 0. The second kappa shape index (κ2) is 17.3. The fourth-order valence-electron chi connectivity index (χ4n) is 2.76. The van der Waals surface area contributed by atoms with E-state index in [4.69, 9.17) is 28.4 Å². The number of hydrogen-bond acceptors (Lipinski definition) is 8. The van der Waals surface area contributed by atoms with Crippen LogP contribution in [0.3, 0.4) is 0 Å². The minimum Gasteiger partial charge on any atom is -0.491 e. The van der Waals surface area contributed by atoms with Crippen LogP contribution in [0.4, 0.5) is 0 Å². The molecule has 0 N–H and O–H groups in total. The highest BCUT2D eigenvalue weighted by atomic mass is 16.6. The first kappa shape index (κ1) is 29.0. The Balaban J connectivity index is 1.65. The van der Waals surface area contributed by atoms with Crippen molar-refractivity contribution in [1.29, 1.82) is 0 Å². The summed E-state index contributed by atoms with van der Waals surface area (Å²) in [5.74, 6) is 0.359. The molecule has 0 amide bonds. The zero-order valence-electron chi connectivity index (χ0n) is 21.1. The molecule has 0 heterocycles. The van der Waals surface area contributed by atoms with Gasteiger partial charge in [0.15, 0.2) is 0 Å². The first-order chi connectivity index (χ1) is 17.5. The monoisotopic (exact) mass is 500 g/mol. The fraction of sp³-hybridized carbons (Fsp3) is 0.429. The quantitative estimate of drug-likeness (QED) is 0.126. The van der Waals surface area contributed by atoms with Crippen LogP contribution in [0, 0.1) is 5.92 Å². The summed E-state index contributed by atoms with van der Waals surface area (Å²) in [6.45, 7) is 11.3. The first-order valence-electron chi connectivity index (χ1n) is 12.1. The summed E-state index contributed by atoms with van der Waals surface area (Å²) in [5.41, 5.74) is 0.787. The molecule has 2 rings (SSSR count). The van der Waals surface area contributed by atoms with Gasteiger partial charge in [0.25, 0.3) is 0 Å². The molecule has 0 fully saturated rings. The summed E-state index contributed by atoms with van der Waals surface area (Å²) < 4.78 is 32.3. The molecule has 8 nitrogen and oxygen atoms in total. The molecule has 36 heavy (non-hydrogen) atoms. The van der Waals surface area contributed by atoms with Crippen molar-refractivity contribution in [2.24, 2.45) is 5.92 Å². The Morgan fingerprint density at radius 3 is 1.89 bits per heavy atom. The molecule has 0 radical (unpaired) electrons. The molecule has 0 bridgehead atoms. The van der Waals surface area contributed by atoms with Crippen LogP contribution in [0.1, 0.15) is 41.0 Å². The van der Waals surface area contributed by atoms with Gasteiger partial charge in [-0.3, -0.25) is 0 Å². The average Bonchev–Trinajstić information content (AvgIpc) is 2.90. The summed E-state index contributed by atoms with van der Waals surface area (Å²) in [6, 6.07) is 12.9. The van der Waals surface area contributed by atoms with E-state index in [1.165, 1.54) is 0 Å². The molecule has 2 aromatic carbocycles. The zero-order valence-corrected chi connectivity index (χ0v) is 21.1. The Hall–Kier alpha value is -3.20.